The van der Waals surface area contributed by atoms with Crippen molar-refractivity contribution < 1.29 is 19.4 Å². The average molecular weight is 498 g/mol. The summed E-state index contributed by atoms with van der Waals surface area (Å²) in [5, 5.41) is 12.5. The van der Waals surface area contributed by atoms with Crippen molar-refractivity contribution in [3.05, 3.63) is 100 Å². The topological polar surface area (TPSA) is 75.6 Å². The molecule has 5 heteroatoms. The van der Waals surface area contributed by atoms with Gasteiger partial charge in [0.05, 0.1) is 12.2 Å². The zero-order valence-electron chi connectivity index (χ0n) is 22.0. The lowest BCUT2D eigenvalue weighted by atomic mass is 9.80. The summed E-state index contributed by atoms with van der Waals surface area (Å²) in [6.45, 7) is 7.61. The molecule has 0 saturated carbocycles. The fraction of sp³-hybridized carbons (Fsp3) is 0.312. The Balaban J connectivity index is 1.56. The number of carboxylic acids is 1. The highest BCUT2D eigenvalue weighted by molar-refractivity contribution is 5.96. The van der Waals surface area contributed by atoms with Crippen molar-refractivity contribution in [2.75, 3.05) is 20.3 Å². The number of aromatic carboxylic acids is 1. The van der Waals surface area contributed by atoms with Crippen LogP contribution < -0.4 is 5.32 Å². The van der Waals surface area contributed by atoms with Gasteiger partial charge in [0.2, 0.25) is 0 Å². The first-order valence-corrected chi connectivity index (χ1v) is 12.8. The van der Waals surface area contributed by atoms with E-state index >= 15 is 0 Å². The maximum absolute atomic E-state index is 12.6. The second kappa shape index (κ2) is 11.6. The summed E-state index contributed by atoms with van der Waals surface area (Å²) in [4.78, 5) is 24.3. The highest BCUT2D eigenvalue weighted by atomic mass is 16.5. The molecule has 37 heavy (non-hydrogen) atoms. The zero-order chi connectivity index (χ0) is 26.5. The van der Waals surface area contributed by atoms with E-state index < -0.39 is 5.97 Å². The molecular formula is C32H35NO4. The van der Waals surface area contributed by atoms with Gasteiger partial charge in [-0.15, -0.1) is 0 Å². The Bertz CT molecular complexity index is 1320. The van der Waals surface area contributed by atoms with E-state index in [-0.39, 0.29) is 5.91 Å². The first kappa shape index (κ1) is 26.4. The number of fused-ring (bicyclic) bond motifs is 1. The van der Waals surface area contributed by atoms with Gasteiger partial charge in [-0.3, -0.25) is 4.79 Å². The van der Waals surface area contributed by atoms with Crippen molar-refractivity contribution in [3.63, 3.8) is 0 Å². The predicted molar refractivity (Wildman–Crippen MR) is 148 cm³/mol. The molecule has 192 valence electrons. The van der Waals surface area contributed by atoms with Gasteiger partial charge >= 0.3 is 5.97 Å². The molecule has 0 aromatic heterocycles. The molecule has 2 N–H and O–H groups in total. The Morgan fingerprint density at radius 3 is 2.43 bits per heavy atom. The fourth-order valence-electron chi connectivity index (χ4n) is 5.29. The van der Waals surface area contributed by atoms with Crippen LogP contribution in [0.3, 0.4) is 0 Å². The van der Waals surface area contributed by atoms with Gasteiger partial charge in [0, 0.05) is 19.2 Å². The van der Waals surface area contributed by atoms with E-state index in [0.29, 0.717) is 36.1 Å². The van der Waals surface area contributed by atoms with Gasteiger partial charge in [-0.2, -0.15) is 0 Å². The van der Waals surface area contributed by atoms with Crippen LogP contribution in [0.5, 0.6) is 0 Å². The summed E-state index contributed by atoms with van der Waals surface area (Å²) in [5.41, 5.74) is 8.89. The second-order valence-corrected chi connectivity index (χ2v) is 9.96. The molecule has 1 aliphatic rings. The van der Waals surface area contributed by atoms with Gasteiger partial charge < -0.3 is 15.2 Å². The zero-order valence-corrected chi connectivity index (χ0v) is 22.0. The van der Waals surface area contributed by atoms with E-state index in [1.807, 2.05) is 36.4 Å². The van der Waals surface area contributed by atoms with E-state index in [1.165, 1.54) is 22.3 Å². The maximum Gasteiger partial charge on any atom is 0.336 e. The lowest BCUT2D eigenvalue weighted by Gasteiger charge is -2.24. The number of hydrogen-bond donors (Lipinski definition) is 2. The number of amides is 1. The third-order valence-electron chi connectivity index (χ3n) is 7.64. The molecule has 0 spiro atoms. The molecule has 4 rings (SSSR count). The van der Waals surface area contributed by atoms with Gasteiger partial charge in [-0.1, -0.05) is 61.0 Å². The highest BCUT2D eigenvalue weighted by Crippen LogP contribution is 2.41. The van der Waals surface area contributed by atoms with E-state index in [2.05, 4.69) is 44.3 Å². The number of ether oxygens (including phenoxy) is 1. The van der Waals surface area contributed by atoms with Crippen molar-refractivity contribution in [2.24, 2.45) is 5.92 Å². The molecule has 2 atom stereocenters. The fourth-order valence-corrected chi connectivity index (χ4v) is 5.29. The minimum absolute atomic E-state index is 0.0803. The third kappa shape index (κ3) is 5.83. The quantitative estimate of drug-likeness (QED) is 0.344. The summed E-state index contributed by atoms with van der Waals surface area (Å²) >= 11 is 0. The molecule has 5 nitrogen and oxygen atoms in total. The molecule has 0 bridgehead atoms. The Morgan fingerprint density at radius 1 is 1.00 bits per heavy atom. The molecule has 0 saturated heterocycles. The third-order valence-corrected chi connectivity index (χ3v) is 7.64. The lowest BCUT2D eigenvalue weighted by molar-refractivity contribution is 0.0697. The van der Waals surface area contributed by atoms with Gasteiger partial charge in [0.15, 0.2) is 0 Å². The minimum atomic E-state index is -0.918. The van der Waals surface area contributed by atoms with Crippen LogP contribution in [0.15, 0.2) is 72.3 Å². The molecule has 1 aliphatic carbocycles. The molecule has 0 radical (unpaired) electrons. The Morgan fingerprint density at radius 2 is 1.73 bits per heavy atom. The van der Waals surface area contributed by atoms with Gasteiger partial charge in [-0.25, -0.2) is 4.79 Å². The number of hydrogen-bond acceptors (Lipinski definition) is 3. The molecule has 3 aromatic rings. The van der Waals surface area contributed by atoms with Gasteiger partial charge in [0.25, 0.3) is 5.91 Å². The average Bonchev–Trinajstić information content (AvgIpc) is 2.99. The van der Waals surface area contributed by atoms with Crippen molar-refractivity contribution in [2.45, 2.75) is 39.5 Å². The number of carboxylic acid groups (broad SMARTS) is 1. The Hall–Kier alpha value is -3.70. The molecular weight excluding hydrogens is 462 g/mol. The largest absolute Gasteiger partial charge is 0.478 e. The standard InChI is InChI=1S/C32H35NO4/c1-20-17-26(18-23-9-11-24(12-10-23)28-7-5-6-8-29(28)32(35)36)22(3)27-14-13-25(19-30(27)21(20)2)31(34)33-15-16-37-4/h5-14,19,22,26H,15-18H2,1-4H3,(H,33,34)(H,35,36). The maximum atomic E-state index is 12.6. The van der Waals surface area contributed by atoms with E-state index in [9.17, 15) is 14.7 Å². The van der Waals surface area contributed by atoms with Gasteiger partial charge in [-0.05, 0) is 90.1 Å². The van der Waals surface area contributed by atoms with Crippen LogP contribution in [0, 0.1) is 5.92 Å². The Labute approximate surface area is 219 Å². The number of nitrogens with one attached hydrogen (secondary N) is 1. The molecule has 2 unspecified atom stereocenters. The lowest BCUT2D eigenvalue weighted by Crippen LogP contribution is -2.27. The van der Waals surface area contributed by atoms with Crippen molar-refractivity contribution in [3.8, 4) is 11.1 Å². The monoisotopic (exact) mass is 497 g/mol. The normalized spacial score (nSPS) is 17.2. The number of methoxy groups -OCH3 is 1. The molecule has 0 aliphatic heterocycles. The van der Waals surface area contributed by atoms with E-state index in [0.717, 1.165) is 29.5 Å². The van der Waals surface area contributed by atoms with Crippen LogP contribution in [0.25, 0.3) is 16.7 Å². The molecule has 1 amide bonds. The van der Waals surface area contributed by atoms with Crippen LogP contribution in [0.2, 0.25) is 0 Å². The van der Waals surface area contributed by atoms with Crippen LogP contribution in [0.1, 0.15) is 70.5 Å². The van der Waals surface area contributed by atoms with E-state index in [4.69, 9.17) is 4.74 Å². The van der Waals surface area contributed by atoms with Crippen LogP contribution >= 0.6 is 0 Å². The summed E-state index contributed by atoms with van der Waals surface area (Å²) < 4.78 is 5.04. The highest BCUT2D eigenvalue weighted by Gasteiger charge is 2.27. The number of rotatable bonds is 8. The minimum Gasteiger partial charge on any atom is -0.478 e. The summed E-state index contributed by atoms with van der Waals surface area (Å²) in [6.07, 6.45) is 1.91. The molecule has 0 fully saturated rings. The summed E-state index contributed by atoms with van der Waals surface area (Å²) in [7, 11) is 1.62. The first-order chi connectivity index (χ1) is 17.8. The number of carbonyl (C=O) groups is 2. The first-order valence-electron chi connectivity index (χ1n) is 12.8. The smallest absolute Gasteiger partial charge is 0.336 e. The van der Waals surface area contributed by atoms with Crippen LogP contribution in [-0.4, -0.2) is 37.2 Å². The SMILES string of the molecule is COCCNC(=O)c1ccc2c(c1)C(C)=C(C)CC(Cc1ccc(-c3ccccc3C(=O)O)cc1)C2C. The Kier molecular flexibility index (Phi) is 8.24. The number of carbonyl (C=O) groups excluding carboxylic acids is 1. The summed E-state index contributed by atoms with van der Waals surface area (Å²) in [6, 6.07) is 21.5. The van der Waals surface area contributed by atoms with Crippen molar-refractivity contribution in [1.82, 2.24) is 5.32 Å². The van der Waals surface area contributed by atoms with Crippen molar-refractivity contribution >= 4 is 17.4 Å². The second-order valence-electron chi connectivity index (χ2n) is 9.96. The van der Waals surface area contributed by atoms with Crippen LogP contribution in [0.4, 0.5) is 0 Å². The predicted octanol–water partition coefficient (Wildman–Crippen LogP) is 6.59. The molecule has 3 aromatic carbocycles. The summed E-state index contributed by atoms with van der Waals surface area (Å²) in [5.74, 6) is -0.266. The van der Waals surface area contributed by atoms with Crippen LogP contribution in [-0.2, 0) is 11.2 Å². The number of benzene rings is 3. The van der Waals surface area contributed by atoms with E-state index in [1.54, 1.807) is 19.2 Å². The number of allylic oxidation sites excluding steroid dienone is 2. The molecule has 0 heterocycles. The van der Waals surface area contributed by atoms with Crippen molar-refractivity contribution in [1.29, 1.82) is 0 Å². The van der Waals surface area contributed by atoms with Gasteiger partial charge in [0.1, 0.15) is 0 Å².